The van der Waals surface area contributed by atoms with Crippen molar-refractivity contribution in [3.05, 3.63) is 26.6 Å². The van der Waals surface area contributed by atoms with Gasteiger partial charge in [-0.3, -0.25) is 14.2 Å². The van der Waals surface area contributed by atoms with Crippen molar-refractivity contribution in [1.29, 1.82) is 0 Å². The van der Waals surface area contributed by atoms with Gasteiger partial charge in [0, 0.05) is 19.0 Å². The monoisotopic (exact) mass is 401 g/mol. The molecular weight excluding hydrogens is 370 g/mol. The first-order valence-electron chi connectivity index (χ1n) is 10.9. The average Bonchev–Trinajstić information content (AvgIpc) is 3.16. The van der Waals surface area contributed by atoms with Gasteiger partial charge in [-0.15, -0.1) is 11.3 Å². The van der Waals surface area contributed by atoms with E-state index in [4.69, 9.17) is 4.98 Å². The van der Waals surface area contributed by atoms with E-state index in [-0.39, 0.29) is 17.5 Å². The second-order valence-corrected chi connectivity index (χ2v) is 9.44. The lowest BCUT2D eigenvalue weighted by molar-refractivity contribution is 0.0930. The standard InChI is InChI=1S/C22H31N3O2S/c1-3-4-9-15-10-8-11-16(15)23-20(26)19-14(2)18-21(28-19)24-17-12-6-5-7-13-25(17)22(18)27/h15-16H,3-13H2,1-2H3,(H,23,26). The molecule has 2 unspecified atom stereocenters. The first-order chi connectivity index (χ1) is 13.6. The van der Waals surface area contributed by atoms with Crippen LogP contribution in [0.3, 0.4) is 0 Å². The number of rotatable bonds is 5. The molecule has 4 rings (SSSR count). The molecule has 1 aliphatic heterocycles. The molecule has 28 heavy (non-hydrogen) atoms. The van der Waals surface area contributed by atoms with Crippen LogP contribution in [0.5, 0.6) is 0 Å². The van der Waals surface area contributed by atoms with E-state index in [0.717, 1.165) is 54.9 Å². The molecule has 0 radical (unpaired) electrons. The molecule has 3 heterocycles. The summed E-state index contributed by atoms with van der Waals surface area (Å²) in [6.45, 7) is 4.87. The number of aromatic nitrogens is 2. The Morgan fingerprint density at radius 1 is 1.25 bits per heavy atom. The Morgan fingerprint density at radius 3 is 2.93 bits per heavy atom. The van der Waals surface area contributed by atoms with Crippen LogP contribution in [0.1, 0.15) is 85.8 Å². The zero-order valence-corrected chi connectivity index (χ0v) is 17.9. The normalized spacial score (nSPS) is 22.2. The molecular formula is C22H31N3O2S. The molecule has 6 heteroatoms. The van der Waals surface area contributed by atoms with E-state index in [0.29, 0.717) is 16.2 Å². The van der Waals surface area contributed by atoms with Crippen LogP contribution in [0.15, 0.2) is 4.79 Å². The van der Waals surface area contributed by atoms with Crippen LogP contribution < -0.4 is 10.9 Å². The predicted octanol–water partition coefficient (Wildman–Crippen LogP) is 4.58. The lowest BCUT2D eigenvalue weighted by Gasteiger charge is -2.20. The Hall–Kier alpha value is -1.69. The largest absolute Gasteiger partial charge is 0.348 e. The molecule has 1 N–H and O–H groups in total. The lowest BCUT2D eigenvalue weighted by atomic mass is 9.96. The smallest absolute Gasteiger partial charge is 0.262 e. The van der Waals surface area contributed by atoms with Gasteiger partial charge in [-0.05, 0) is 50.5 Å². The van der Waals surface area contributed by atoms with E-state index in [2.05, 4.69) is 12.2 Å². The first kappa shape index (κ1) is 19.6. The maximum absolute atomic E-state index is 13.1. The number of hydrogen-bond acceptors (Lipinski definition) is 4. The second-order valence-electron chi connectivity index (χ2n) is 8.44. The number of hydrogen-bond donors (Lipinski definition) is 1. The average molecular weight is 402 g/mol. The summed E-state index contributed by atoms with van der Waals surface area (Å²) in [5.74, 6) is 1.46. The third kappa shape index (κ3) is 3.63. The van der Waals surface area contributed by atoms with Crippen molar-refractivity contribution in [2.24, 2.45) is 5.92 Å². The number of nitrogens with one attached hydrogen (secondary N) is 1. The highest BCUT2D eigenvalue weighted by Crippen LogP contribution is 2.32. The Balaban J connectivity index is 1.62. The van der Waals surface area contributed by atoms with Crippen LogP contribution in [-0.4, -0.2) is 21.5 Å². The van der Waals surface area contributed by atoms with Crippen LogP contribution in [0.25, 0.3) is 10.2 Å². The van der Waals surface area contributed by atoms with Crippen molar-refractivity contribution < 1.29 is 4.79 Å². The van der Waals surface area contributed by atoms with Crippen molar-refractivity contribution in [3.63, 3.8) is 0 Å². The fourth-order valence-corrected chi connectivity index (χ4v) is 5.99. The number of thiophene rings is 1. The Bertz CT molecular complexity index is 930. The van der Waals surface area contributed by atoms with E-state index in [1.54, 1.807) is 0 Å². The van der Waals surface area contributed by atoms with E-state index in [1.807, 2.05) is 11.5 Å². The number of carbonyl (C=O) groups excluding carboxylic acids is 1. The highest BCUT2D eigenvalue weighted by Gasteiger charge is 2.30. The minimum absolute atomic E-state index is 0.0199. The second kappa shape index (κ2) is 8.36. The van der Waals surface area contributed by atoms with Gasteiger partial charge >= 0.3 is 0 Å². The minimum Gasteiger partial charge on any atom is -0.348 e. The van der Waals surface area contributed by atoms with Gasteiger partial charge in [0.25, 0.3) is 11.5 Å². The molecule has 0 saturated heterocycles. The zero-order chi connectivity index (χ0) is 19.7. The molecule has 0 aromatic carbocycles. The van der Waals surface area contributed by atoms with Gasteiger partial charge in [-0.2, -0.15) is 0 Å². The lowest BCUT2D eigenvalue weighted by Crippen LogP contribution is -2.37. The Kier molecular flexibility index (Phi) is 5.85. The van der Waals surface area contributed by atoms with E-state index >= 15 is 0 Å². The maximum Gasteiger partial charge on any atom is 0.262 e. The van der Waals surface area contributed by atoms with Gasteiger partial charge in [0.1, 0.15) is 10.7 Å². The van der Waals surface area contributed by atoms with E-state index in [9.17, 15) is 9.59 Å². The summed E-state index contributed by atoms with van der Waals surface area (Å²) in [7, 11) is 0. The number of aryl methyl sites for hydroxylation is 2. The Morgan fingerprint density at radius 2 is 2.11 bits per heavy atom. The highest BCUT2D eigenvalue weighted by atomic mass is 32.1. The third-order valence-corrected chi connectivity index (χ3v) is 7.71. The van der Waals surface area contributed by atoms with Crippen molar-refractivity contribution in [1.82, 2.24) is 14.9 Å². The molecule has 1 amide bonds. The first-order valence-corrected chi connectivity index (χ1v) is 11.8. The Labute approximate surface area is 170 Å². The van der Waals surface area contributed by atoms with Crippen LogP contribution in [0.2, 0.25) is 0 Å². The van der Waals surface area contributed by atoms with E-state index < -0.39 is 0 Å². The summed E-state index contributed by atoms with van der Waals surface area (Å²) in [6, 6.07) is 0.273. The van der Waals surface area contributed by atoms with Gasteiger partial charge in [0.05, 0.1) is 10.3 Å². The topological polar surface area (TPSA) is 64.0 Å². The molecule has 1 saturated carbocycles. The highest BCUT2D eigenvalue weighted by molar-refractivity contribution is 7.20. The van der Waals surface area contributed by atoms with Gasteiger partial charge < -0.3 is 5.32 Å². The van der Waals surface area contributed by atoms with Crippen molar-refractivity contribution >= 4 is 27.5 Å². The fourth-order valence-electron chi connectivity index (χ4n) is 4.90. The maximum atomic E-state index is 13.1. The van der Waals surface area contributed by atoms with Gasteiger partial charge in [-0.25, -0.2) is 4.98 Å². The number of carbonyl (C=O) groups is 1. The molecule has 0 spiro atoms. The summed E-state index contributed by atoms with van der Waals surface area (Å²) < 4.78 is 1.84. The van der Waals surface area contributed by atoms with Gasteiger partial charge in [-0.1, -0.05) is 32.6 Å². The molecule has 2 atom stereocenters. The van der Waals surface area contributed by atoms with E-state index in [1.165, 1.54) is 43.4 Å². The van der Waals surface area contributed by atoms with Gasteiger partial charge in [0.2, 0.25) is 0 Å². The number of fused-ring (bicyclic) bond motifs is 2. The van der Waals surface area contributed by atoms with Crippen LogP contribution in [0, 0.1) is 12.8 Å². The van der Waals surface area contributed by atoms with Gasteiger partial charge in [0.15, 0.2) is 0 Å². The van der Waals surface area contributed by atoms with Crippen molar-refractivity contribution in [3.8, 4) is 0 Å². The SMILES string of the molecule is CCCCC1CCCC1NC(=O)c1sc2nc3n(c(=O)c2c1C)CCCCC3. The number of amides is 1. The summed E-state index contributed by atoms with van der Waals surface area (Å²) in [6.07, 6.45) is 11.2. The molecule has 0 bridgehead atoms. The van der Waals surface area contributed by atoms with Crippen LogP contribution >= 0.6 is 11.3 Å². The molecule has 1 fully saturated rings. The summed E-state index contributed by atoms with van der Waals surface area (Å²) in [4.78, 5) is 32.3. The van der Waals surface area contributed by atoms with Crippen molar-refractivity contribution in [2.45, 2.75) is 90.6 Å². The fraction of sp³-hybridized carbons (Fsp3) is 0.682. The van der Waals surface area contributed by atoms with Crippen LogP contribution in [-0.2, 0) is 13.0 Å². The molecule has 2 aromatic heterocycles. The summed E-state index contributed by atoms with van der Waals surface area (Å²) >= 11 is 1.39. The molecule has 1 aliphatic carbocycles. The number of nitrogens with zero attached hydrogens (tertiary/aromatic N) is 2. The molecule has 2 aliphatic rings. The molecule has 5 nitrogen and oxygen atoms in total. The number of unbranched alkanes of at least 4 members (excludes halogenated alkanes) is 1. The minimum atomic E-state index is -0.0199. The summed E-state index contributed by atoms with van der Waals surface area (Å²) in [5.41, 5.74) is 0.842. The van der Waals surface area contributed by atoms with Crippen molar-refractivity contribution in [2.75, 3.05) is 0 Å². The summed E-state index contributed by atoms with van der Waals surface area (Å²) in [5, 5.41) is 3.94. The predicted molar refractivity (Wildman–Crippen MR) is 114 cm³/mol. The molecule has 2 aromatic rings. The quantitative estimate of drug-likeness (QED) is 0.797. The third-order valence-electron chi connectivity index (χ3n) is 6.52. The zero-order valence-electron chi connectivity index (χ0n) is 17.1. The molecule has 152 valence electrons. The van der Waals surface area contributed by atoms with Crippen LogP contribution in [0.4, 0.5) is 0 Å².